The standard InChI is InChI=1S/C17H11F4N3O/c18-13-3-1-2-10-4-9-14-16(25)23(22-24(14)15(10)13)12-7-5-11(6-8-12)17(19,20)21/h1-3,5-8H,4,9H2/p+1. The first kappa shape index (κ1) is 15.6. The molecule has 4 nitrogen and oxygen atoms in total. The summed E-state index contributed by atoms with van der Waals surface area (Å²) in [5, 5.41) is 2.77. The summed E-state index contributed by atoms with van der Waals surface area (Å²) in [6.07, 6.45) is -3.51. The molecule has 8 heteroatoms. The fraction of sp³-hybridized carbons (Fsp3) is 0.176. The molecular formula is C17H12F4N3O+. The van der Waals surface area contributed by atoms with Crippen LogP contribution in [0, 0.1) is 5.82 Å². The van der Waals surface area contributed by atoms with Crippen molar-refractivity contribution in [1.82, 2.24) is 9.90 Å². The number of fused-ring (bicyclic) bond motifs is 3. The number of aromatic amines is 1. The first-order chi connectivity index (χ1) is 11.9. The minimum Gasteiger partial charge on any atom is -0.234 e. The van der Waals surface area contributed by atoms with Crippen LogP contribution in [0.1, 0.15) is 16.8 Å². The highest BCUT2D eigenvalue weighted by Crippen LogP contribution is 2.29. The van der Waals surface area contributed by atoms with Crippen molar-refractivity contribution in [3.8, 4) is 11.4 Å². The summed E-state index contributed by atoms with van der Waals surface area (Å²) in [4.78, 5) is 12.6. The van der Waals surface area contributed by atoms with Gasteiger partial charge in [0, 0.05) is 12.0 Å². The van der Waals surface area contributed by atoms with Crippen LogP contribution >= 0.6 is 0 Å². The number of hydrogen-bond acceptors (Lipinski definition) is 1. The van der Waals surface area contributed by atoms with E-state index in [0.717, 1.165) is 22.4 Å². The Morgan fingerprint density at radius 3 is 2.44 bits per heavy atom. The lowest BCUT2D eigenvalue weighted by molar-refractivity contribution is -0.672. The highest BCUT2D eigenvalue weighted by molar-refractivity contribution is 5.38. The average Bonchev–Trinajstić information content (AvgIpc) is 2.91. The molecule has 2 heterocycles. The molecule has 0 bridgehead atoms. The van der Waals surface area contributed by atoms with Gasteiger partial charge in [-0.1, -0.05) is 22.0 Å². The molecule has 0 atom stereocenters. The molecule has 1 aliphatic rings. The van der Waals surface area contributed by atoms with Crippen molar-refractivity contribution in [3.63, 3.8) is 0 Å². The van der Waals surface area contributed by atoms with Crippen LogP contribution in [-0.4, -0.2) is 9.90 Å². The number of halogens is 4. The van der Waals surface area contributed by atoms with E-state index in [9.17, 15) is 22.4 Å². The highest BCUT2D eigenvalue weighted by atomic mass is 19.4. The molecule has 0 amide bonds. The summed E-state index contributed by atoms with van der Waals surface area (Å²) in [5.74, 6) is -0.468. The number of nitrogens with zero attached hydrogens (tertiary/aromatic N) is 2. The number of H-pyrrole nitrogens is 1. The van der Waals surface area contributed by atoms with Gasteiger partial charge in [0.25, 0.3) is 0 Å². The number of rotatable bonds is 1. The predicted octanol–water partition coefficient (Wildman–Crippen LogP) is 2.70. The normalized spacial score (nSPS) is 13.4. The molecule has 3 aromatic rings. The summed E-state index contributed by atoms with van der Waals surface area (Å²) < 4.78 is 54.7. The zero-order valence-electron chi connectivity index (χ0n) is 12.8. The second kappa shape index (κ2) is 5.30. The van der Waals surface area contributed by atoms with E-state index in [0.29, 0.717) is 18.5 Å². The fourth-order valence-corrected chi connectivity index (χ4v) is 3.07. The first-order valence-electron chi connectivity index (χ1n) is 7.57. The van der Waals surface area contributed by atoms with Crippen molar-refractivity contribution in [2.24, 2.45) is 0 Å². The average molecular weight is 350 g/mol. The highest BCUT2D eigenvalue weighted by Gasteiger charge is 2.33. The second-order valence-corrected chi connectivity index (χ2v) is 5.81. The molecule has 0 aliphatic carbocycles. The molecule has 0 saturated heterocycles. The Hall–Kier alpha value is -2.90. The van der Waals surface area contributed by atoms with Crippen LogP contribution in [0.15, 0.2) is 47.3 Å². The van der Waals surface area contributed by atoms with Crippen LogP contribution < -0.4 is 10.2 Å². The van der Waals surface area contributed by atoms with Gasteiger partial charge in [-0.05, 0) is 36.8 Å². The SMILES string of the molecule is O=c1c2[n+]([nH]n1-c1ccc(C(F)(F)F)cc1)-c1c(F)cccc1CC2. The number of alkyl halides is 3. The van der Waals surface area contributed by atoms with Crippen LogP contribution in [0.4, 0.5) is 17.6 Å². The Morgan fingerprint density at radius 2 is 1.76 bits per heavy atom. The minimum absolute atomic E-state index is 0.248. The Kier molecular flexibility index (Phi) is 3.31. The van der Waals surface area contributed by atoms with E-state index in [1.165, 1.54) is 22.9 Å². The fourth-order valence-electron chi connectivity index (χ4n) is 3.07. The molecule has 0 fully saturated rings. The molecule has 1 N–H and O–H groups in total. The van der Waals surface area contributed by atoms with E-state index in [1.807, 2.05) is 0 Å². The number of hydrogen-bond donors (Lipinski definition) is 1. The number of para-hydroxylation sites is 1. The van der Waals surface area contributed by atoms with Gasteiger partial charge in [-0.15, -0.1) is 4.68 Å². The maximum absolute atomic E-state index is 14.2. The predicted molar refractivity (Wildman–Crippen MR) is 80.3 cm³/mol. The number of nitrogens with one attached hydrogen (secondary N) is 1. The first-order valence-corrected chi connectivity index (χ1v) is 7.57. The van der Waals surface area contributed by atoms with Crippen LogP contribution in [0.25, 0.3) is 11.4 Å². The van der Waals surface area contributed by atoms with Crippen LogP contribution in [0.2, 0.25) is 0 Å². The van der Waals surface area contributed by atoms with Gasteiger partial charge in [0.05, 0.1) is 5.56 Å². The van der Waals surface area contributed by atoms with Gasteiger partial charge in [-0.2, -0.15) is 13.2 Å². The monoisotopic (exact) mass is 350 g/mol. The zero-order chi connectivity index (χ0) is 17.8. The van der Waals surface area contributed by atoms with Crippen molar-refractivity contribution in [3.05, 3.63) is 75.5 Å². The molecule has 0 unspecified atom stereocenters. The van der Waals surface area contributed by atoms with Gasteiger partial charge < -0.3 is 0 Å². The van der Waals surface area contributed by atoms with Gasteiger partial charge in [0.2, 0.25) is 5.69 Å². The van der Waals surface area contributed by atoms with Crippen molar-refractivity contribution >= 4 is 0 Å². The quantitative estimate of drug-likeness (QED) is 0.532. The van der Waals surface area contributed by atoms with Crippen LogP contribution in [0.3, 0.4) is 0 Å². The largest absolute Gasteiger partial charge is 0.416 e. The summed E-state index contributed by atoms with van der Waals surface area (Å²) in [7, 11) is 0. The molecule has 1 aliphatic heterocycles. The lowest BCUT2D eigenvalue weighted by Gasteiger charge is -2.11. The van der Waals surface area contributed by atoms with E-state index in [-0.39, 0.29) is 11.4 Å². The summed E-state index contributed by atoms with van der Waals surface area (Å²) in [5.41, 5.74) is 0.429. The van der Waals surface area contributed by atoms with Gasteiger partial charge in [-0.3, -0.25) is 0 Å². The van der Waals surface area contributed by atoms with Gasteiger partial charge in [-0.25, -0.2) is 9.18 Å². The lowest BCUT2D eigenvalue weighted by Crippen LogP contribution is -2.43. The van der Waals surface area contributed by atoms with Crippen LogP contribution in [-0.2, 0) is 19.0 Å². The van der Waals surface area contributed by atoms with Gasteiger partial charge in [0.1, 0.15) is 0 Å². The van der Waals surface area contributed by atoms with E-state index >= 15 is 0 Å². The van der Waals surface area contributed by atoms with E-state index in [1.54, 1.807) is 12.1 Å². The number of aryl methyl sites for hydroxylation is 1. The maximum atomic E-state index is 14.2. The number of aromatic nitrogens is 3. The molecule has 0 radical (unpaired) electrons. The van der Waals surface area contributed by atoms with Crippen molar-refractivity contribution in [2.45, 2.75) is 19.0 Å². The molecule has 4 rings (SSSR count). The molecular weight excluding hydrogens is 338 g/mol. The Balaban J connectivity index is 1.85. The topological polar surface area (TPSA) is 41.7 Å². The summed E-state index contributed by atoms with van der Waals surface area (Å²) >= 11 is 0. The third kappa shape index (κ3) is 2.45. The Bertz CT molecular complexity index is 1020. The molecule has 2 aromatic carbocycles. The van der Waals surface area contributed by atoms with Gasteiger partial charge >= 0.3 is 11.7 Å². The Morgan fingerprint density at radius 1 is 1.04 bits per heavy atom. The van der Waals surface area contributed by atoms with Crippen LogP contribution in [0.5, 0.6) is 0 Å². The van der Waals surface area contributed by atoms with Gasteiger partial charge in [0.15, 0.2) is 17.2 Å². The third-order valence-electron chi connectivity index (χ3n) is 4.30. The summed E-state index contributed by atoms with van der Waals surface area (Å²) in [6.45, 7) is 0. The minimum atomic E-state index is -4.45. The molecule has 0 spiro atoms. The molecule has 128 valence electrons. The smallest absolute Gasteiger partial charge is 0.234 e. The van der Waals surface area contributed by atoms with Crippen molar-refractivity contribution in [1.29, 1.82) is 0 Å². The van der Waals surface area contributed by atoms with E-state index in [2.05, 4.69) is 5.21 Å². The molecule has 25 heavy (non-hydrogen) atoms. The zero-order valence-corrected chi connectivity index (χ0v) is 12.8. The second-order valence-electron chi connectivity index (χ2n) is 5.81. The number of benzene rings is 2. The van der Waals surface area contributed by atoms with Crippen molar-refractivity contribution < 1.29 is 22.2 Å². The summed E-state index contributed by atoms with van der Waals surface area (Å²) in [6, 6.07) is 8.90. The van der Waals surface area contributed by atoms with Crippen molar-refractivity contribution in [2.75, 3.05) is 0 Å². The molecule has 0 saturated carbocycles. The van der Waals surface area contributed by atoms with E-state index < -0.39 is 23.1 Å². The third-order valence-corrected chi connectivity index (χ3v) is 4.30. The lowest BCUT2D eigenvalue weighted by atomic mass is 10.0. The Labute approximate surface area is 138 Å². The maximum Gasteiger partial charge on any atom is 0.416 e. The van der Waals surface area contributed by atoms with E-state index in [4.69, 9.17) is 0 Å². The molecule has 1 aromatic heterocycles.